The molecule has 1 aliphatic rings. The van der Waals surface area contributed by atoms with Gasteiger partial charge in [-0.3, -0.25) is 14.5 Å². The number of likely N-dealkylation sites (tertiary alicyclic amines) is 1. The first-order chi connectivity index (χ1) is 13.5. The summed E-state index contributed by atoms with van der Waals surface area (Å²) in [5, 5.41) is 1.04. The first kappa shape index (κ1) is 20.6. The van der Waals surface area contributed by atoms with Crippen molar-refractivity contribution in [2.75, 3.05) is 24.5 Å². The predicted octanol–water partition coefficient (Wildman–Crippen LogP) is 4.04. The molecule has 2 aromatic rings. The zero-order chi connectivity index (χ0) is 20.1. The van der Waals surface area contributed by atoms with Crippen molar-refractivity contribution in [2.45, 2.75) is 25.3 Å². The number of rotatable bonds is 7. The Balaban J connectivity index is 1.76. The van der Waals surface area contributed by atoms with Crippen molar-refractivity contribution in [3.8, 4) is 0 Å². The zero-order valence-electron chi connectivity index (χ0n) is 15.5. The summed E-state index contributed by atoms with van der Waals surface area (Å²) in [6, 6.07) is 15.1. The van der Waals surface area contributed by atoms with Crippen LogP contribution in [0.4, 0.5) is 5.69 Å². The standard InChI is InChI=1S/C21H23Cl2N3O2/c22-17-9-8-15(13-18(17)23)19-7-4-11-25(19)14-21(28)26(12-10-20(24)27)16-5-2-1-3-6-16/h1-3,5-6,8-9,13,19H,4,7,10-12,14H2,(H2,24,27). The van der Waals surface area contributed by atoms with E-state index < -0.39 is 5.91 Å². The van der Waals surface area contributed by atoms with Crippen LogP contribution in [0.2, 0.25) is 10.0 Å². The number of primary amides is 1. The fourth-order valence-electron chi connectivity index (χ4n) is 3.60. The van der Waals surface area contributed by atoms with E-state index in [1.54, 1.807) is 11.0 Å². The molecule has 1 unspecified atom stereocenters. The second kappa shape index (κ2) is 9.41. The Morgan fingerprint density at radius 1 is 1.11 bits per heavy atom. The third-order valence-corrected chi connectivity index (χ3v) is 5.72. The Bertz CT molecular complexity index is 845. The largest absolute Gasteiger partial charge is 0.370 e. The van der Waals surface area contributed by atoms with Gasteiger partial charge in [0.05, 0.1) is 16.6 Å². The van der Waals surface area contributed by atoms with Crippen LogP contribution in [0.15, 0.2) is 48.5 Å². The van der Waals surface area contributed by atoms with Gasteiger partial charge in [-0.25, -0.2) is 0 Å². The van der Waals surface area contributed by atoms with Gasteiger partial charge in [0.2, 0.25) is 11.8 Å². The molecule has 1 heterocycles. The zero-order valence-corrected chi connectivity index (χ0v) is 17.0. The van der Waals surface area contributed by atoms with E-state index in [1.807, 2.05) is 42.5 Å². The summed E-state index contributed by atoms with van der Waals surface area (Å²) in [5.74, 6) is -0.483. The van der Waals surface area contributed by atoms with Crippen molar-refractivity contribution in [3.63, 3.8) is 0 Å². The summed E-state index contributed by atoms with van der Waals surface area (Å²) in [7, 11) is 0. The molecule has 2 N–H and O–H groups in total. The highest BCUT2D eigenvalue weighted by atomic mass is 35.5. The number of halogens is 2. The lowest BCUT2D eigenvalue weighted by Gasteiger charge is -2.29. The van der Waals surface area contributed by atoms with Gasteiger partial charge in [-0.2, -0.15) is 0 Å². The van der Waals surface area contributed by atoms with Gasteiger partial charge in [-0.1, -0.05) is 47.5 Å². The fraction of sp³-hybridized carbons (Fsp3) is 0.333. The third kappa shape index (κ3) is 5.04. The molecule has 0 aromatic heterocycles. The Morgan fingerprint density at radius 2 is 1.86 bits per heavy atom. The summed E-state index contributed by atoms with van der Waals surface area (Å²) in [6.45, 7) is 1.36. The van der Waals surface area contributed by atoms with Crippen LogP contribution in [-0.4, -0.2) is 36.3 Å². The third-order valence-electron chi connectivity index (χ3n) is 4.98. The molecule has 1 fully saturated rings. The van der Waals surface area contributed by atoms with E-state index in [2.05, 4.69) is 4.90 Å². The molecule has 28 heavy (non-hydrogen) atoms. The monoisotopic (exact) mass is 419 g/mol. The summed E-state index contributed by atoms with van der Waals surface area (Å²) in [4.78, 5) is 28.1. The highest BCUT2D eigenvalue weighted by Gasteiger charge is 2.29. The molecule has 3 rings (SSSR count). The number of para-hydroxylation sites is 1. The van der Waals surface area contributed by atoms with Gasteiger partial charge in [-0.05, 0) is 49.2 Å². The number of amides is 2. The Kier molecular flexibility index (Phi) is 6.94. The summed E-state index contributed by atoms with van der Waals surface area (Å²) in [6.07, 6.45) is 2.08. The Morgan fingerprint density at radius 3 is 2.54 bits per heavy atom. The van der Waals surface area contributed by atoms with Crippen LogP contribution in [0.3, 0.4) is 0 Å². The topological polar surface area (TPSA) is 66.6 Å². The normalized spacial score (nSPS) is 16.9. The molecular formula is C21H23Cl2N3O2. The molecule has 0 aliphatic carbocycles. The second-order valence-electron chi connectivity index (χ2n) is 6.90. The van der Waals surface area contributed by atoms with Crippen molar-refractivity contribution in [2.24, 2.45) is 5.73 Å². The minimum absolute atomic E-state index is 0.0561. The van der Waals surface area contributed by atoms with Crippen molar-refractivity contribution >= 4 is 40.7 Å². The number of benzene rings is 2. The molecular weight excluding hydrogens is 397 g/mol. The molecule has 0 bridgehead atoms. The molecule has 1 saturated heterocycles. The highest BCUT2D eigenvalue weighted by molar-refractivity contribution is 6.42. The average Bonchev–Trinajstić information content (AvgIpc) is 3.13. The van der Waals surface area contributed by atoms with E-state index in [4.69, 9.17) is 28.9 Å². The van der Waals surface area contributed by atoms with Gasteiger partial charge in [0.15, 0.2) is 0 Å². The molecule has 5 nitrogen and oxygen atoms in total. The number of hydrogen-bond donors (Lipinski definition) is 1. The number of nitrogens with two attached hydrogens (primary N) is 1. The maximum Gasteiger partial charge on any atom is 0.241 e. The molecule has 7 heteroatoms. The van der Waals surface area contributed by atoms with E-state index in [0.29, 0.717) is 10.0 Å². The number of anilines is 1. The lowest BCUT2D eigenvalue weighted by atomic mass is 10.0. The fourth-order valence-corrected chi connectivity index (χ4v) is 3.91. The van der Waals surface area contributed by atoms with Crippen molar-refractivity contribution < 1.29 is 9.59 Å². The second-order valence-corrected chi connectivity index (χ2v) is 7.71. The van der Waals surface area contributed by atoms with E-state index in [9.17, 15) is 9.59 Å². The summed E-state index contributed by atoms with van der Waals surface area (Å²) >= 11 is 12.2. The summed E-state index contributed by atoms with van der Waals surface area (Å²) in [5.41, 5.74) is 7.12. The van der Waals surface area contributed by atoms with Crippen molar-refractivity contribution in [1.29, 1.82) is 0 Å². The van der Waals surface area contributed by atoms with Crippen molar-refractivity contribution in [3.05, 3.63) is 64.1 Å². The van der Waals surface area contributed by atoms with Crippen LogP contribution >= 0.6 is 23.2 Å². The van der Waals surface area contributed by atoms with E-state index in [1.165, 1.54) is 0 Å². The van der Waals surface area contributed by atoms with Crippen LogP contribution in [0.1, 0.15) is 30.9 Å². The van der Waals surface area contributed by atoms with Gasteiger partial charge < -0.3 is 10.6 Å². The molecule has 148 valence electrons. The van der Waals surface area contributed by atoms with Crippen LogP contribution in [0, 0.1) is 0 Å². The van der Waals surface area contributed by atoms with Gasteiger partial charge in [0.1, 0.15) is 0 Å². The van der Waals surface area contributed by atoms with E-state index >= 15 is 0 Å². The van der Waals surface area contributed by atoms with Gasteiger partial charge in [0, 0.05) is 24.7 Å². The minimum Gasteiger partial charge on any atom is -0.370 e. The molecule has 1 atom stereocenters. The number of hydrogen-bond acceptors (Lipinski definition) is 3. The molecule has 2 aromatic carbocycles. The van der Waals surface area contributed by atoms with Gasteiger partial charge in [-0.15, -0.1) is 0 Å². The smallest absolute Gasteiger partial charge is 0.241 e. The number of nitrogens with zero attached hydrogens (tertiary/aromatic N) is 2. The molecule has 2 amide bonds. The quantitative estimate of drug-likeness (QED) is 0.735. The SMILES string of the molecule is NC(=O)CCN(C(=O)CN1CCCC1c1ccc(Cl)c(Cl)c1)c1ccccc1. The lowest BCUT2D eigenvalue weighted by molar-refractivity contribution is -0.120. The van der Waals surface area contributed by atoms with Crippen LogP contribution in [0.25, 0.3) is 0 Å². The number of carbonyl (C=O) groups excluding carboxylic acids is 2. The minimum atomic E-state index is -0.427. The van der Waals surface area contributed by atoms with Gasteiger partial charge in [0.25, 0.3) is 0 Å². The van der Waals surface area contributed by atoms with E-state index in [0.717, 1.165) is 30.6 Å². The molecule has 0 saturated carbocycles. The van der Waals surface area contributed by atoms with E-state index in [-0.39, 0.29) is 31.5 Å². The summed E-state index contributed by atoms with van der Waals surface area (Å²) < 4.78 is 0. The number of carbonyl (C=O) groups is 2. The first-order valence-electron chi connectivity index (χ1n) is 9.28. The van der Waals surface area contributed by atoms with Crippen LogP contribution < -0.4 is 10.6 Å². The molecule has 1 aliphatic heterocycles. The highest BCUT2D eigenvalue weighted by Crippen LogP contribution is 2.35. The Hall–Kier alpha value is -2.08. The van der Waals surface area contributed by atoms with Crippen molar-refractivity contribution in [1.82, 2.24) is 4.90 Å². The molecule has 0 spiro atoms. The average molecular weight is 420 g/mol. The maximum atomic E-state index is 13.1. The first-order valence-corrected chi connectivity index (χ1v) is 10.0. The Labute approximate surface area is 175 Å². The van der Waals surface area contributed by atoms with Gasteiger partial charge >= 0.3 is 0 Å². The van der Waals surface area contributed by atoms with Crippen LogP contribution in [0.5, 0.6) is 0 Å². The molecule has 0 radical (unpaired) electrons. The lowest BCUT2D eigenvalue weighted by Crippen LogP contribution is -2.41. The maximum absolute atomic E-state index is 13.1. The predicted molar refractivity (Wildman–Crippen MR) is 113 cm³/mol. The van der Waals surface area contributed by atoms with Crippen LogP contribution in [-0.2, 0) is 9.59 Å².